The van der Waals surface area contributed by atoms with Crippen molar-refractivity contribution in [1.82, 2.24) is 20.4 Å². The second kappa shape index (κ2) is 15.4. The van der Waals surface area contributed by atoms with Crippen molar-refractivity contribution in [2.45, 2.75) is 76.8 Å². The van der Waals surface area contributed by atoms with Gasteiger partial charge in [-0.2, -0.15) is 0 Å². The van der Waals surface area contributed by atoms with Crippen molar-refractivity contribution in [2.75, 3.05) is 39.8 Å². The number of nitrogens with one attached hydrogen (secondary N) is 2. The van der Waals surface area contributed by atoms with Crippen molar-refractivity contribution in [3.8, 4) is 17.2 Å². The van der Waals surface area contributed by atoms with Gasteiger partial charge in [-0.05, 0) is 94.3 Å². The van der Waals surface area contributed by atoms with E-state index in [2.05, 4.69) is 15.5 Å². The molecule has 3 amide bonds. The number of methoxy groups -OCH3 is 1. The summed E-state index contributed by atoms with van der Waals surface area (Å²) in [6.45, 7) is 3.65. The van der Waals surface area contributed by atoms with Crippen molar-refractivity contribution < 1.29 is 28.2 Å². The lowest BCUT2D eigenvalue weighted by Gasteiger charge is -2.44. The maximum atomic E-state index is 14.8. The molecule has 0 unspecified atom stereocenters. The molecule has 6 rings (SSSR count). The molecule has 2 bridgehead atoms. The fraction of sp³-hybridized carbons (Fsp3) is 0.559. The molecule has 0 aliphatic carbocycles. The van der Waals surface area contributed by atoms with Crippen molar-refractivity contribution in [3.63, 3.8) is 0 Å². The van der Waals surface area contributed by atoms with Crippen LogP contribution in [0.4, 0.5) is 4.39 Å². The van der Waals surface area contributed by atoms with Gasteiger partial charge in [0.2, 0.25) is 11.8 Å². The van der Waals surface area contributed by atoms with E-state index in [0.717, 1.165) is 6.42 Å². The van der Waals surface area contributed by atoms with Crippen molar-refractivity contribution in [1.29, 1.82) is 0 Å². The van der Waals surface area contributed by atoms with Crippen LogP contribution < -0.4 is 20.1 Å². The average Bonchev–Trinajstić information content (AvgIpc) is 3.04. The lowest BCUT2D eigenvalue weighted by molar-refractivity contribution is -0.132. The fourth-order valence-corrected chi connectivity index (χ4v) is 6.84. The summed E-state index contributed by atoms with van der Waals surface area (Å²) in [4.78, 5) is 43.7. The second-order valence-corrected chi connectivity index (χ2v) is 12.1. The molecule has 9 nitrogen and oxygen atoms in total. The molecule has 2 aromatic rings. The Hall–Kier alpha value is -3.66. The number of carbonyl (C=O) groups excluding carboxylic acids is 3. The van der Waals surface area contributed by atoms with E-state index in [0.29, 0.717) is 67.9 Å². The summed E-state index contributed by atoms with van der Waals surface area (Å²) in [5.74, 6) is 0.543. The number of piperidine rings is 2. The smallest absolute Gasteiger partial charge is 0.251 e. The Labute approximate surface area is 259 Å². The molecule has 2 atom stereocenters. The van der Waals surface area contributed by atoms with Gasteiger partial charge in [0.25, 0.3) is 5.91 Å². The van der Waals surface area contributed by atoms with Crippen LogP contribution in [0.25, 0.3) is 0 Å². The molecule has 0 saturated carbocycles. The van der Waals surface area contributed by atoms with Gasteiger partial charge in [-0.3, -0.25) is 14.4 Å². The Bertz CT molecular complexity index is 1320. The number of fused-ring (bicyclic) bond motifs is 14. The Balaban J connectivity index is 1.27. The standard InChI is InChI=1S/C34H45FN4O5/c1-43-31-22-25-13-15-30(31)44-29-11-4-9-27(35)26(29)23-37-32(40)12-6-20-39(21-7-17-36-34(25)42)33(41)16-14-24-8-5-19-38-18-3-2-10-28(24)38/h4,9,11,13,15,22,24,28H,2-3,5-8,10,12,14,16-21,23H2,1H3,(H,36,42)(H,37,40)/t24-,28+/m0/s1. The SMILES string of the molecule is COc1cc2ccc1Oc1cccc(F)c1CNC(=O)CCCN(C(=O)CC[C@@H]1CCCN3CCCC[C@H]13)CCCNC2=O. The van der Waals surface area contributed by atoms with Gasteiger partial charge in [0, 0.05) is 56.2 Å². The molecule has 2 saturated heterocycles. The predicted octanol–water partition coefficient (Wildman–Crippen LogP) is 5.03. The minimum absolute atomic E-state index is 0.0497. The Morgan fingerprint density at radius 3 is 2.68 bits per heavy atom. The first-order valence-electron chi connectivity index (χ1n) is 16.1. The summed E-state index contributed by atoms with van der Waals surface area (Å²) in [5, 5.41) is 5.74. The molecule has 0 spiro atoms. The highest BCUT2D eigenvalue weighted by atomic mass is 19.1. The van der Waals surface area contributed by atoms with Gasteiger partial charge in [0.1, 0.15) is 11.6 Å². The van der Waals surface area contributed by atoms with E-state index < -0.39 is 5.82 Å². The molecular weight excluding hydrogens is 563 g/mol. The minimum atomic E-state index is -0.505. The molecule has 4 aliphatic rings. The normalized spacial score (nSPS) is 22.3. The van der Waals surface area contributed by atoms with Crippen LogP contribution in [0.1, 0.15) is 80.1 Å². The molecule has 0 aromatic heterocycles. The molecule has 2 fully saturated rings. The maximum absolute atomic E-state index is 14.8. The predicted molar refractivity (Wildman–Crippen MR) is 165 cm³/mol. The molecule has 10 heteroatoms. The zero-order chi connectivity index (χ0) is 30.9. The molecule has 44 heavy (non-hydrogen) atoms. The summed E-state index contributed by atoms with van der Waals surface area (Å²) in [6, 6.07) is 9.87. The van der Waals surface area contributed by atoms with Gasteiger partial charge in [-0.15, -0.1) is 0 Å². The van der Waals surface area contributed by atoms with Crippen LogP contribution in [0.5, 0.6) is 17.2 Å². The van der Waals surface area contributed by atoms with E-state index >= 15 is 0 Å². The van der Waals surface area contributed by atoms with E-state index in [9.17, 15) is 18.8 Å². The van der Waals surface area contributed by atoms with Crippen LogP contribution in [0.3, 0.4) is 0 Å². The molecule has 0 radical (unpaired) electrons. The summed E-state index contributed by atoms with van der Waals surface area (Å²) in [6.07, 6.45) is 8.83. The van der Waals surface area contributed by atoms with Crippen LogP contribution in [-0.4, -0.2) is 73.4 Å². The number of nitrogens with zero attached hydrogens (tertiary/aromatic N) is 2. The van der Waals surface area contributed by atoms with E-state index in [-0.39, 0.29) is 42.0 Å². The average molecular weight is 609 g/mol. The lowest BCUT2D eigenvalue weighted by atomic mass is 9.81. The Kier molecular flexibility index (Phi) is 11.1. The number of benzene rings is 2. The Morgan fingerprint density at radius 2 is 1.82 bits per heavy atom. The van der Waals surface area contributed by atoms with E-state index in [1.54, 1.807) is 24.3 Å². The highest BCUT2D eigenvalue weighted by molar-refractivity contribution is 5.94. The largest absolute Gasteiger partial charge is 0.493 e. The van der Waals surface area contributed by atoms with Crippen LogP contribution in [0.15, 0.2) is 36.4 Å². The van der Waals surface area contributed by atoms with E-state index in [1.807, 2.05) is 4.90 Å². The third-order valence-corrected chi connectivity index (χ3v) is 9.22. The summed E-state index contributed by atoms with van der Waals surface area (Å²) in [5.41, 5.74) is 0.606. The lowest BCUT2D eigenvalue weighted by Crippen LogP contribution is -2.48. The quantitative estimate of drug-likeness (QED) is 0.505. The maximum Gasteiger partial charge on any atom is 0.251 e. The highest BCUT2D eigenvalue weighted by Crippen LogP contribution is 2.35. The third-order valence-electron chi connectivity index (χ3n) is 9.22. The van der Waals surface area contributed by atoms with Gasteiger partial charge < -0.3 is 29.9 Å². The molecule has 238 valence electrons. The number of hydrogen-bond acceptors (Lipinski definition) is 6. The first kappa shape index (κ1) is 31.8. The summed E-state index contributed by atoms with van der Waals surface area (Å²) >= 11 is 0. The number of halogens is 1. The van der Waals surface area contributed by atoms with E-state index in [1.165, 1.54) is 64.4 Å². The van der Waals surface area contributed by atoms with Crippen LogP contribution in [-0.2, 0) is 16.1 Å². The van der Waals surface area contributed by atoms with E-state index in [4.69, 9.17) is 9.47 Å². The summed E-state index contributed by atoms with van der Waals surface area (Å²) < 4.78 is 26.3. The first-order chi connectivity index (χ1) is 21.4. The number of hydrogen-bond donors (Lipinski definition) is 2. The summed E-state index contributed by atoms with van der Waals surface area (Å²) in [7, 11) is 1.47. The fourth-order valence-electron chi connectivity index (χ4n) is 6.84. The molecule has 4 aliphatic heterocycles. The van der Waals surface area contributed by atoms with Gasteiger partial charge in [0.15, 0.2) is 11.5 Å². The van der Waals surface area contributed by atoms with Gasteiger partial charge in [0.05, 0.1) is 7.11 Å². The monoisotopic (exact) mass is 608 g/mol. The van der Waals surface area contributed by atoms with Crippen LogP contribution in [0, 0.1) is 11.7 Å². The first-order valence-corrected chi connectivity index (χ1v) is 16.1. The van der Waals surface area contributed by atoms with Gasteiger partial charge in [-0.1, -0.05) is 12.5 Å². The number of rotatable bonds is 4. The van der Waals surface area contributed by atoms with Crippen LogP contribution in [0.2, 0.25) is 0 Å². The van der Waals surface area contributed by atoms with Gasteiger partial charge in [-0.25, -0.2) is 4.39 Å². The van der Waals surface area contributed by atoms with Crippen LogP contribution >= 0.6 is 0 Å². The van der Waals surface area contributed by atoms with Crippen molar-refractivity contribution in [2.24, 2.45) is 5.92 Å². The molecule has 4 heterocycles. The second-order valence-electron chi connectivity index (χ2n) is 12.1. The topological polar surface area (TPSA) is 100 Å². The van der Waals surface area contributed by atoms with Gasteiger partial charge >= 0.3 is 0 Å². The third kappa shape index (κ3) is 8.08. The minimum Gasteiger partial charge on any atom is -0.493 e. The van der Waals surface area contributed by atoms with Crippen molar-refractivity contribution >= 4 is 17.7 Å². The number of carbonyl (C=O) groups is 3. The number of amides is 3. The number of ether oxygens (including phenoxy) is 2. The molecular formula is C34H45FN4O5. The van der Waals surface area contributed by atoms with Crippen molar-refractivity contribution in [3.05, 3.63) is 53.3 Å². The zero-order valence-electron chi connectivity index (χ0n) is 25.7. The zero-order valence-corrected chi connectivity index (χ0v) is 25.7. The molecule has 2 N–H and O–H groups in total. The molecule has 2 aromatic carbocycles. The highest BCUT2D eigenvalue weighted by Gasteiger charge is 2.33. The Morgan fingerprint density at radius 1 is 0.977 bits per heavy atom.